The van der Waals surface area contributed by atoms with E-state index in [9.17, 15) is 14.8 Å². The minimum absolute atomic E-state index is 0.00598. The molecule has 5 rings (SSSR count). The highest BCUT2D eigenvalue weighted by Gasteiger charge is 2.38. The van der Waals surface area contributed by atoms with Gasteiger partial charge >= 0.3 is 5.97 Å². The maximum Gasteiger partial charge on any atom is 0.336 e. The summed E-state index contributed by atoms with van der Waals surface area (Å²) in [7, 11) is 1.32. The molecule has 2 aliphatic rings. The van der Waals surface area contributed by atoms with Crippen LogP contribution in [0.1, 0.15) is 55.7 Å². The number of nitrogens with one attached hydrogen (secondary N) is 2. The predicted molar refractivity (Wildman–Crippen MR) is 166 cm³/mol. The number of aromatic nitrogens is 1. The van der Waals surface area contributed by atoms with Gasteiger partial charge < -0.3 is 25.5 Å². The van der Waals surface area contributed by atoms with E-state index in [4.69, 9.17) is 4.74 Å². The van der Waals surface area contributed by atoms with Gasteiger partial charge in [0.15, 0.2) is 12.4 Å². The first kappa shape index (κ1) is 30.0. The molecule has 224 valence electrons. The van der Waals surface area contributed by atoms with Gasteiger partial charge in [-0.2, -0.15) is 4.73 Å². The van der Waals surface area contributed by atoms with E-state index >= 15 is 0 Å². The van der Waals surface area contributed by atoms with E-state index in [0.29, 0.717) is 39.4 Å². The number of likely N-dealkylation sites (tertiary alicyclic amines) is 1. The maximum atomic E-state index is 13.6. The number of esters is 1. The van der Waals surface area contributed by atoms with Crippen molar-refractivity contribution >= 4 is 11.9 Å². The minimum Gasteiger partial charge on any atom is -0.619 e. The second-order valence-corrected chi connectivity index (χ2v) is 11.4. The second-order valence-electron chi connectivity index (χ2n) is 11.4. The molecule has 0 aliphatic carbocycles. The van der Waals surface area contributed by atoms with Gasteiger partial charge in [0.05, 0.1) is 18.6 Å². The molecule has 3 heterocycles. The Balaban J connectivity index is 1.22. The lowest BCUT2D eigenvalue weighted by molar-refractivity contribution is -0.605. The van der Waals surface area contributed by atoms with Crippen LogP contribution in [0.5, 0.6) is 0 Å². The zero-order chi connectivity index (χ0) is 30.4. The molecule has 2 aromatic carbocycles. The van der Waals surface area contributed by atoms with Crippen LogP contribution in [0.15, 0.2) is 108 Å². The maximum absolute atomic E-state index is 13.6. The molecular formula is C35H40N4O4. The molecule has 1 fully saturated rings. The third-order valence-electron chi connectivity index (χ3n) is 8.87. The fourth-order valence-electron chi connectivity index (χ4n) is 6.64. The quantitative estimate of drug-likeness (QED) is 0.169. The zero-order valence-corrected chi connectivity index (χ0v) is 25.1. The van der Waals surface area contributed by atoms with E-state index in [2.05, 4.69) is 76.2 Å². The van der Waals surface area contributed by atoms with Crippen molar-refractivity contribution in [3.05, 3.63) is 130 Å². The van der Waals surface area contributed by atoms with Crippen LogP contribution < -0.4 is 15.4 Å². The Kier molecular flexibility index (Phi) is 9.26. The molecule has 3 aromatic rings. The number of allylic oxidation sites excluding steroid dienone is 2. The van der Waals surface area contributed by atoms with E-state index in [1.54, 1.807) is 19.1 Å². The van der Waals surface area contributed by atoms with Crippen molar-refractivity contribution in [1.29, 1.82) is 0 Å². The zero-order valence-electron chi connectivity index (χ0n) is 25.1. The first-order valence-electron chi connectivity index (χ1n) is 14.9. The summed E-state index contributed by atoms with van der Waals surface area (Å²) in [4.78, 5) is 28.9. The van der Waals surface area contributed by atoms with Gasteiger partial charge in [-0.3, -0.25) is 4.79 Å². The summed E-state index contributed by atoms with van der Waals surface area (Å²) in [6.07, 6.45) is 5.62. The first-order valence-corrected chi connectivity index (χ1v) is 14.9. The summed E-state index contributed by atoms with van der Waals surface area (Å²) in [6.45, 7) is 6.97. The van der Waals surface area contributed by atoms with Crippen molar-refractivity contribution in [3.8, 4) is 0 Å². The van der Waals surface area contributed by atoms with Gasteiger partial charge in [0, 0.05) is 41.1 Å². The molecule has 1 amide bonds. The standard InChI is InChI=1S/C35H40N4O4/c1-25-30(32(27-15-21-39(42)22-16-27)31(26(2)37-25)34(41)43-3)33(40)36-19-10-20-38-23-17-35(18-24-38,28-11-6-4-7-12-28)29-13-8-5-9-14-29/h4-9,11-16,21-22,32,37H,10,17-20,23-24H2,1-3H3,(H,36,40). The van der Waals surface area contributed by atoms with Gasteiger partial charge in [-0.05, 0) is 69.4 Å². The Labute approximate surface area is 253 Å². The number of benzene rings is 2. The van der Waals surface area contributed by atoms with Crippen molar-refractivity contribution in [2.75, 3.05) is 33.3 Å². The van der Waals surface area contributed by atoms with E-state index in [0.717, 1.165) is 38.9 Å². The van der Waals surface area contributed by atoms with Gasteiger partial charge in [-0.15, -0.1) is 0 Å². The molecule has 0 spiro atoms. The summed E-state index contributed by atoms with van der Waals surface area (Å²) >= 11 is 0. The van der Waals surface area contributed by atoms with Crippen LogP contribution in [-0.4, -0.2) is 50.1 Å². The number of nitrogens with zero attached hydrogens (tertiary/aromatic N) is 2. The third-order valence-corrected chi connectivity index (χ3v) is 8.87. The molecule has 1 unspecified atom stereocenters. The average molecular weight is 581 g/mol. The number of carbonyl (C=O) groups excluding carboxylic acids is 2. The topological polar surface area (TPSA) is 97.6 Å². The molecule has 2 N–H and O–H groups in total. The van der Waals surface area contributed by atoms with Gasteiger partial charge in [-0.1, -0.05) is 60.7 Å². The third kappa shape index (κ3) is 6.34. The number of hydrogen-bond donors (Lipinski definition) is 2. The molecule has 43 heavy (non-hydrogen) atoms. The van der Waals surface area contributed by atoms with E-state index in [1.807, 2.05) is 6.92 Å². The highest BCUT2D eigenvalue weighted by atomic mass is 16.5. The number of dihydropyridines is 1. The van der Waals surface area contributed by atoms with Crippen LogP contribution in [0.4, 0.5) is 0 Å². The number of rotatable bonds is 9. The van der Waals surface area contributed by atoms with Crippen LogP contribution >= 0.6 is 0 Å². The summed E-state index contributed by atoms with van der Waals surface area (Å²) < 4.78 is 5.75. The molecule has 1 aromatic heterocycles. The normalized spacial score (nSPS) is 18.6. The lowest BCUT2D eigenvalue weighted by Gasteiger charge is -2.43. The number of piperidine rings is 1. The average Bonchev–Trinajstić information content (AvgIpc) is 3.04. The molecule has 0 radical (unpaired) electrons. The molecule has 0 bridgehead atoms. The Morgan fingerprint density at radius 2 is 1.49 bits per heavy atom. The number of amides is 1. The summed E-state index contributed by atoms with van der Waals surface area (Å²) in [6, 6.07) is 24.9. The first-order chi connectivity index (χ1) is 20.8. The molecule has 1 atom stereocenters. The molecule has 8 nitrogen and oxygen atoms in total. The Bertz CT molecular complexity index is 1450. The smallest absolute Gasteiger partial charge is 0.336 e. The van der Waals surface area contributed by atoms with Crippen LogP contribution in [0.25, 0.3) is 0 Å². The number of methoxy groups -OCH3 is 1. The van der Waals surface area contributed by atoms with Gasteiger partial charge in [-0.25, -0.2) is 4.79 Å². The summed E-state index contributed by atoms with van der Waals surface area (Å²) in [5.74, 6) is -1.41. The number of carbonyl (C=O) groups is 2. The lowest BCUT2D eigenvalue weighted by Crippen LogP contribution is -2.44. The van der Waals surface area contributed by atoms with E-state index < -0.39 is 11.9 Å². The largest absolute Gasteiger partial charge is 0.619 e. The number of hydrogen-bond acceptors (Lipinski definition) is 6. The fourth-order valence-corrected chi connectivity index (χ4v) is 6.64. The monoisotopic (exact) mass is 580 g/mol. The summed E-state index contributed by atoms with van der Waals surface area (Å²) in [5.41, 5.74) is 5.51. The Morgan fingerprint density at radius 3 is 2.05 bits per heavy atom. The minimum atomic E-state index is -0.652. The molecular weight excluding hydrogens is 540 g/mol. The molecule has 1 saturated heterocycles. The van der Waals surface area contributed by atoms with Crippen molar-refractivity contribution in [2.45, 2.75) is 44.4 Å². The Hall–Kier alpha value is -4.43. The number of ether oxygens (including phenoxy) is 1. The second kappa shape index (κ2) is 13.3. The van der Waals surface area contributed by atoms with Crippen LogP contribution in [0, 0.1) is 5.21 Å². The molecule has 0 saturated carbocycles. The Morgan fingerprint density at radius 1 is 0.930 bits per heavy atom. The predicted octanol–water partition coefficient (Wildman–Crippen LogP) is 4.32. The molecule has 2 aliphatic heterocycles. The van der Waals surface area contributed by atoms with Gasteiger partial charge in [0.25, 0.3) is 0 Å². The highest BCUT2D eigenvalue weighted by Crippen LogP contribution is 2.42. The van der Waals surface area contributed by atoms with E-state index in [1.165, 1.54) is 30.6 Å². The fraction of sp³-hybridized carbons (Fsp3) is 0.343. The van der Waals surface area contributed by atoms with Crippen molar-refractivity contribution in [1.82, 2.24) is 15.5 Å². The highest BCUT2D eigenvalue weighted by molar-refractivity contribution is 6.02. The van der Waals surface area contributed by atoms with Crippen LogP contribution in [-0.2, 0) is 19.7 Å². The van der Waals surface area contributed by atoms with Gasteiger partial charge in [0.2, 0.25) is 5.91 Å². The summed E-state index contributed by atoms with van der Waals surface area (Å²) in [5, 5.41) is 18.0. The van der Waals surface area contributed by atoms with E-state index in [-0.39, 0.29) is 11.3 Å². The SMILES string of the molecule is COC(=O)C1=C(C)NC(C)=C(C(=O)NCCCN2CCC(c3ccccc3)(c3ccccc3)CC2)C1c1cc[n+]([O-])cc1. The van der Waals surface area contributed by atoms with Crippen molar-refractivity contribution in [2.24, 2.45) is 0 Å². The molecule has 8 heteroatoms. The lowest BCUT2D eigenvalue weighted by atomic mass is 9.68. The van der Waals surface area contributed by atoms with Crippen molar-refractivity contribution in [3.63, 3.8) is 0 Å². The van der Waals surface area contributed by atoms with Gasteiger partial charge in [0.1, 0.15) is 0 Å². The van der Waals surface area contributed by atoms with Crippen LogP contribution in [0.2, 0.25) is 0 Å². The number of pyridine rings is 1. The van der Waals surface area contributed by atoms with Crippen LogP contribution in [0.3, 0.4) is 0 Å². The van der Waals surface area contributed by atoms with Crippen molar-refractivity contribution < 1.29 is 19.1 Å².